The number of Topliss-reactive ketones (excluding diaryl/α,β-unsaturated/α-hetero) is 1. The number of benzene rings is 1. The first kappa shape index (κ1) is 19.5. The van der Waals surface area contributed by atoms with Gasteiger partial charge in [0.1, 0.15) is 5.58 Å². The van der Waals surface area contributed by atoms with Crippen molar-refractivity contribution in [3.63, 3.8) is 0 Å². The molecule has 6 nitrogen and oxygen atoms in total. The molecule has 4 aromatic rings. The van der Waals surface area contributed by atoms with Crippen molar-refractivity contribution in [3.8, 4) is 0 Å². The first-order valence-corrected chi connectivity index (χ1v) is 10.7. The van der Waals surface area contributed by atoms with Gasteiger partial charge in [-0.1, -0.05) is 23.7 Å². The van der Waals surface area contributed by atoms with Gasteiger partial charge in [-0.05, 0) is 47.3 Å². The minimum atomic E-state index is -0.785. The molecule has 1 aliphatic rings. The van der Waals surface area contributed by atoms with E-state index < -0.39 is 23.5 Å². The Labute approximate surface area is 186 Å². The smallest absolute Gasteiger partial charge is 0.290 e. The summed E-state index contributed by atoms with van der Waals surface area (Å²) < 4.78 is 5.71. The number of halogens is 1. The lowest BCUT2D eigenvalue weighted by atomic mass is 9.96. The van der Waals surface area contributed by atoms with E-state index >= 15 is 0 Å². The number of carbonyl (C=O) groups excluding carboxylic acids is 2. The van der Waals surface area contributed by atoms with E-state index in [0.717, 1.165) is 4.88 Å². The van der Waals surface area contributed by atoms with Crippen LogP contribution in [0.5, 0.6) is 0 Å². The highest BCUT2D eigenvalue weighted by atomic mass is 35.5. The van der Waals surface area contributed by atoms with Crippen LogP contribution in [0.1, 0.15) is 27.0 Å². The molecule has 8 heteroatoms. The molecule has 0 saturated carbocycles. The Bertz CT molecular complexity index is 1330. The van der Waals surface area contributed by atoms with Gasteiger partial charge in [0.25, 0.3) is 5.91 Å². The van der Waals surface area contributed by atoms with Gasteiger partial charge in [0, 0.05) is 27.7 Å². The van der Waals surface area contributed by atoms with Gasteiger partial charge in [-0.25, -0.2) is 0 Å². The number of thiophene rings is 1. The molecular weight excluding hydrogens is 436 g/mol. The molecule has 0 bridgehead atoms. The number of amides is 1. The quantitative estimate of drug-likeness (QED) is 0.416. The molecule has 5 rings (SSSR count). The number of hydrogen-bond donors (Lipinski definition) is 1. The van der Waals surface area contributed by atoms with Crippen molar-refractivity contribution in [1.82, 2.24) is 9.88 Å². The number of aromatic nitrogens is 1. The molecule has 1 aromatic carbocycles. The zero-order valence-electron chi connectivity index (χ0n) is 16.0. The van der Waals surface area contributed by atoms with Crippen LogP contribution >= 0.6 is 22.9 Å². The predicted octanol–water partition coefficient (Wildman–Crippen LogP) is 5.32. The van der Waals surface area contributed by atoms with Crippen molar-refractivity contribution in [3.05, 3.63) is 98.9 Å². The second kappa shape index (κ2) is 7.68. The Kier molecular flexibility index (Phi) is 4.84. The number of ketones is 1. The molecule has 154 valence electrons. The standard InChI is InChI=1S/C23H15ClN2O4S/c24-15-5-6-17-14(9-15)10-18(30-17)21(27)19-20(13-3-1-7-25-11-13)26(23(29)22(19)28)12-16-4-2-8-31-16/h1-11,20,28H,12H2. The van der Waals surface area contributed by atoms with E-state index in [0.29, 0.717) is 21.6 Å². The van der Waals surface area contributed by atoms with Gasteiger partial charge in [0.05, 0.1) is 18.2 Å². The van der Waals surface area contributed by atoms with Crippen molar-refractivity contribution in [2.24, 2.45) is 0 Å². The van der Waals surface area contributed by atoms with Gasteiger partial charge in [-0.15, -0.1) is 11.3 Å². The predicted molar refractivity (Wildman–Crippen MR) is 117 cm³/mol. The summed E-state index contributed by atoms with van der Waals surface area (Å²) in [7, 11) is 0. The van der Waals surface area contributed by atoms with Crippen LogP contribution in [0.25, 0.3) is 11.0 Å². The molecule has 1 aliphatic heterocycles. The molecule has 0 spiro atoms. The fraction of sp³-hybridized carbons (Fsp3) is 0.0870. The van der Waals surface area contributed by atoms with Crippen LogP contribution in [0, 0.1) is 0 Å². The first-order valence-electron chi connectivity index (χ1n) is 9.43. The highest BCUT2D eigenvalue weighted by Gasteiger charge is 2.44. The first-order chi connectivity index (χ1) is 15.0. The van der Waals surface area contributed by atoms with Crippen molar-refractivity contribution in [1.29, 1.82) is 0 Å². The van der Waals surface area contributed by atoms with Gasteiger partial charge in [-0.2, -0.15) is 0 Å². The topological polar surface area (TPSA) is 83.6 Å². The van der Waals surface area contributed by atoms with Gasteiger partial charge in [0.2, 0.25) is 5.78 Å². The summed E-state index contributed by atoms with van der Waals surface area (Å²) in [4.78, 5) is 33.0. The summed E-state index contributed by atoms with van der Waals surface area (Å²) in [6.45, 7) is 0.257. The number of rotatable bonds is 5. The lowest BCUT2D eigenvalue weighted by Crippen LogP contribution is -2.30. The number of aliphatic hydroxyl groups excluding tert-OH is 1. The average Bonchev–Trinajstić information content (AvgIpc) is 3.49. The second-order valence-corrected chi connectivity index (χ2v) is 8.55. The van der Waals surface area contributed by atoms with E-state index in [2.05, 4.69) is 4.98 Å². The number of nitrogens with zero attached hydrogens (tertiary/aromatic N) is 2. The van der Waals surface area contributed by atoms with Gasteiger partial charge >= 0.3 is 0 Å². The number of fused-ring (bicyclic) bond motifs is 1. The maximum Gasteiger partial charge on any atom is 0.290 e. The fourth-order valence-electron chi connectivity index (χ4n) is 3.76. The Morgan fingerprint density at radius 2 is 2.10 bits per heavy atom. The summed E-state index contributed by atoms with van der Waals surface area (Å²) in [5, 5.41) is 13.8. The number of pyridine rings is 1. The van der Waals surface area contributed by atoms with Crippen LogP contribution in [-0.4, -0.2) is 26.7 Å². The molecule has 3 aromatic heterocycles. The van der Waals surface area contributed by atoms with E-state index in [-0.39, 0.29) is 17.9 Å². The molecule has 0 aliphatic carbocycles. The molecule has 31 heavy (non-hydrogen) atoms. The zero-order chi connectivity index (χ0) is 21.5. The highest BCUT2D eigenvalue weighted by molar-refractivity contribution is 7.09. The number of carbonyl (C=O) groups is 2. The summed E-state index contributed by atoms with van der Waals surface area (Å²) in [6, 6.07) is 13.1. The molecule has 1 N–H and O–H groups in total. The van der Waals surface area contributed by atoms with Crippen molar-refractivity contribution < 1.29 is 19.1 Å². The average molecular weight is 451 g/mol. The number of furan rings is 1. The van der Waals surface area contributed by atoms with Crippen LogP contribution in [0.2, 0.25) is 5.02 Å². The van der Waals surface area contributed by atoms with Gasteiger partial charge < -0.3 is 14.4 Å². The normalized spacial score (nSPS) is 16.5. The van der Waals surface area contributed by atoms with Crippen LogP contribution in [0.4, 0.5) is 0 Å². The molecule has 4 heterocycles. The fourth-order valence-corrected chi connectivity index (χ4v) is 4.65. The molecule has 1 atom stereocenters. The molecule has 1 unspecified atom stereocenters. The summed E-state index contributed by atoms with van der Waals surface area (Å²) in [5.41, 5.74) is 1.09. The minimum absolute atomic E-state index is 0.0264. The number of hydrogen-bond acceptors (Lipinski definition) is 6. The van der Waals surface area contributed by atoms with Crippen LogP contribution < -0.4 is 0 Å². The van der Waals surface area contributed by atoms with Crippen molar-refractivity contribution >= 4 is 45.6 Å². The van der Waals surface area contributed by atoms with E-state index in [1.54, 1.807) is 48.8 Å². The van der Waals surface area contributed by atoms with Gasteiger partial charge in [0.15, 0.2) is 11.5 Å². The molecule has 0 saturated heterocycles. The van der Waals surface area contributed by atoms with E-state index in [1.165, 1.54) is 16.2 Å². The molecular formula is C23H15ClN2O4S. The SMILES string of the molecule is O=C(C1=C(O)C(=O)N(Cc2cccs2)C1c1cccnc1)c1cc2cc(Cl)ccc2o1. The van der Waals surface area contributed by atoms with Crippen molar-refractivity contribution in [2.45, 2.75) is 12.6 Å². The highest BCUT2D eigenvalue weighted by Crippen LogP contribution is 2.40. The Morgan fingerprint density at radius 1 is 1.23 bits per heavy atom. The maximum atomic E-state index is 13.4. The van der Waals surface area contributed by atoms with E-state index in [1.807, 2.05) is 17.5 Å². The molecule has 1 amide bonds. The second-order valence-electron chi connectivity index (χ2n) is 7.09. The molecule has 0 radical (unpaired) electrons. The molecule has 0 fully saturated rings. The van der Waals surface area contributed by atoms with E-state index in [4.69, 9.17) is 16.0 Å². The Hall–Kier alpha value is -3.42. The lowest BCUT2D eigenvalue weighted by molar-refractivity contribution is -0.130. The largest absolute Gasteiger partial charge is 0.503 e. The number of aliphatic hydroxyl groups is 1. The van der Waals surface area contributed by atoms with E-state index in [9.17, 15) is 14.7 Å². The third-order valence-corrected chi connectivity index (χ3v) is 6.25. The van der Waals surface area contributed by atoms with Crippen LogP contribution in [-0.2, 0) is 11.3 Å². The van der Waals surface area contributed by atoms with Gasteiger partial charge in [-0.3, -0.25) is 14.6 Å². The summed E-state index contributed by atoms with van der Waals surface area (Å²) in [6.07, 6.45) is 3.20. The maximum absolute atomic E-state index is 13.4. The zero-order valence-corrected chi connectivity index (χ0v) is 17.6. The van der Waals surface area contributed by atoms with Crippen LogP contribution in [0.3, 0.4) is 0 Å². The summed E-state index contributed by atoms with van der Waals surface area (Å²) >= 11 is 7.53. The lowest BCUT2D eigenvalue weighted by Gasteiger charge is -2.25. The Morgan fingerprint density at radius 3 is 2.84 bits per heavy atom. The third-order valence-electron chi connectivity index (χ3n) is 5.16. The Balaban J connectivity index is 1.60. The minimum Gasteiger partial charge on any atom is -0.503 e. The summed E-state index contributed by atoms with van der Waals surface area (Å²) in [5.74, 6) is -1.71. The van der Waals surface area contributed by atoms with Crippen molar-refractivity contribution in [2.75, 3.05) is 0 Å². The monoisotopic (exact) mass is 450 g/mol. The third kappa shape index (κ3) is 3.41. The van der Waals surface area contributed by atoms with Crippen LogP contribution in [0.15, 0.2) is 82.1 Å².